The molecular formula is C17H27N3O. The second kappa shape index (κ2) is 6.94. The molecule has 0 atom stereocenters. The third kappa shape index (κ3) is 3.76. The fourth-order valence-electron chi connectivity index (χ4n) is 3.02. The molecule has 1 aromatic rings. The Morgan fingerprint density at radius 3 is 2.62 bits per heavy atom. The van der Waals surface area contributed by atoms with Gasteiger partial charge in [0, 0.05) is 37.4 Å². The smallest absolute Gasteiger partial charge is 0.253 e. The topological polar surface area (TPSA) is 49.6 Å². The summed E-state index contributed by atoms with van der Waals surface area (Å²) in [6.45, 7) is 7.51. The van der Waals surface area contributed by atoms with Gasteiger partial charge in [-0.1, -0.05) is 6.92 Å². The first-order valence-electron chi connectivity index (χ1n) is 7.88. The molecule has 1 saturated heterocycles. The van der Waals surface area contributed by atoms with Gasteiger partial charge in [0.2, 0.25) is 0 Å². The molecule has 0 unspecified atom stereocenters. The lowest BCUT2D eigenvalue weighted by Crippen LogP contribution is -2.45. The van der Waals surface area contributed by atoms with Crippen molar-refractivity contribution in [2.45, 2.75) is 39.2 Å². The van der Waals surface area contributed by atoms with Gasteiger partial charge in [-0.15, -0.1) is 0 Å². The van der Waals surface area contributed by atoms with E-state index in [1.54, 1.807) is 0 Å². The van der Waals surface area contributed by atoms with E-state index in [0.717, 1.165) is 42.7 Å². The summed E-state index contributed by atoms with van der Waals surface area (Å²) in [5.74, 6) is 0.104. The van der Waals surface area contributed by atoms with Gasteiger partial charge in [0.25, 0.3) is 5.91 Å². The molecule has 1 amide bonds. The summed E-state index contributed by atoms with van der Waals surface area (Å²) in [6, 6.07) is 5.89. The molecule has 116 valence electrons. The molecule has 4 nitrogen and oxygen atoms in total. The van der Waals surface area contributed by atoms with Crippen LogP contribution in [0.1, 0.15) is 42.1 Å². The fourth-order valence-corrected chi connectivity index (χ4v) is 3.02. The Kier molecular flexibility index (Phi) is 5.23. The monoisotopic (exact) mass is 289 g/mol. The molecule has 2 rings (SSSR count). The number of anilines is 1. The SMILES string of the molecule is CCCN1CCC(N(C)C(=O)c2ccc(N)c(C)c2)CC1. The molecule has 0 radical (unpaired) electrons. The summed E-state index contributed by atoms with van der Waals surface area (Å²) in [6.07, 6.45) is 3.33. The molecule has 1 aromatic carbocycles. The average Bonchev–Trinajstić information content (AvgIpc) is 2.50. The van der Waals surface area contributed by atoms with Gasteiger partial charge in [0.15, 0.2) is 0 Å². The third-order valence-corrected chi connectivity index (χ3v) is 4.48. The van der Waals surface area contributed by atoms with Crippen molar-refractivity contribution < 1.29 is 4.79 Å². The molecule has 1 fully saturated rings. The quantitative estimate of drug-likeness (QED) is 0.867. The van der Waals surface area contributed by atoms with E-state index in [4.69, 9.17) is 5.73 Å². The summed E-state index contributed by atoms with van der Waals surface area (Å²) in [7, 11) is 1.92. The van der Waals surface area contributed by atoms with Crippen LogP contribution in [0.2, 0.25) is 0 Å². The van der Waals surface area contributed by atoms with Crippen molar-refractivity contribution in [3.63, 3.8) is 0 Å². The highest BCUT2D eigenvalue weighted by Crippen LogP contribution is 2.19. The normalized spacial score (nSPS) is 16.9. The van der Waals surface area contributed by atoms with Crippen LogP contribution in [0.4, 0.5) is 5.69 Å². The second-order valence-electron chi connectivity index (χ2n) is 6.06. The first-order valence-corrected chi connectivity index (χ1v) is 7.88. The molecule has 0 aromatic heterocycles. The number of likely N-dealkylation sites (tertiary alicyclic amines) is 1. The predicted molar refractivity (Wildman–Crippen MR) is 87.4 cm³/mol. The molecular weight excluding hydrogens is 262 g/mol. The van der Waals surface area contributed by atoms with Crippen molar-refractivity contribution >= 4 is 11.6 Å². The summed E-state index contributed by atoms with van der Waals surface area (Å²) in [5, 5.41) is 0. The number of nitrogen functional groups attached to an aromatic ring is 1. The lowest BCUT2D eigenvalue weighted by atomic mass is 10.0. The van der Waals surface area contributed by atoms with E-state index >= 15 is 0 Å². The molecule has 1 aliphatic heterocycles. The molecule has 4 heteroatoms. The van der Waals surface area contributed by atoms with E-state index in [0.29, 0.717) is 6.04 Å². The van der Waals surface area contributed by atoms with E-state index in [-0.39, 0.29) is 5.91 Å². The zero-order valence-corrected chi connectivity index (χ0v) is 13.4. The van der Waals surface area contributed by atoms with Crippen molar-refractivity contribution in [3.05, 3.63) is 29.3 Å². The Labute approximate surface area is 127 Å². The van der Waals surface area contributed by atoms with E-state index in [9.17, 15) is 4.79 Å². The highest BCUT2D eigenvalue weighted by atomic mass is 16.2. The molecule has 0 aliphatic carbocycles. The fraction of sp³-hybridized carbons (Fsp3) is 0.588. The highest BCUT2D eigenvalue weighted by molar-refractivity contribution is 5.94. The average molecular weight is 289 g/mol. The predicted octanol–water partition coefficient (Wildman–Crippen LogP) is 2.52. The Morgan fingerprint density at radius 1 is 1.38 bits per heavy atom. The standard InChI is InChI=1S/C17H27N3O/c1-4-9-20-10-7-15(8-11-20)19(3)17(21)14-5-6-16(18)13(2)12-14/h5-6,12,15H,4,7-11,18H2,1-3H3. The van der Waals surface area contributed by atoms with Crippen molar-refractivity contribution in [1.29, 1.82) is 0 Å². The first kappa shape index (κ1) is 15.8. The highest BCUT2D eigenvalue weighted by Gasteiger charge is 2.25. The van der Waals surface area contributed by atoms with E-state index in [1.165, 1.54) is 13.0 Å². The number of benzene rings is 1. The minimum absolute atomic E-state index is 0.104. The molecule has 21 heavy (non-hydrogen) atoms. The van der Waals surface area contributed by atoms with Crippen LogP contribution >= 0.6 is 0 Å². The maximum Gasteiger partial charge on any atom is 0.253 e. The van der Waals surface area contributed by atoms with Crippen LogP contribution in [0, 0.1) is 6.92 Å². The third-order valence-electron chi connectivity index (χ3n) is 4.48. The zero-order chi connectivity index (χ0) is 15.4. The van der Waals surface area contributed by atoms with Gasteiger partial charge in [-0.05, 0) is 56.5 Å². The van der Waals surface area contributed by atoms with Gasteiger partial charge in [0.05, 0.1) is 0 Å². The molecule has 1 aliphatic rings. The number of piperidine rings is 1. The number of hydrogen-bond donors (Lipinski definition) is 1. The number of aryl methyl sites for hydroxylation is 1. The first-order chi connectivity index (χ1) is 10.0. The maximum absolute atomic E-state index is 12.6. The zero-order valence-electron chi connectivity index (χ0n) is 13.4. The van der Waals surface area contributed by atoms with Crippen LogP contribution in [0.15, 0.2) is 18.2 Å². The van der Waals surface area contributed by atoms with Crippen LogP contribution in [0.5, 0.6) is 0 Å². The maximum atomic E-state index is 12.6. The number of nitrogens with two attached hydrogens (primary N) is 1. The molecule has 0 saturated carbocycles. The van der Waals surface area contributed by atoms with Crippen molar-refractivity contribution in [2.75, 3.05) is 32.4 Å². The molecule has 0 spiro atoms. The second-order valence-corrected chi connectivity index (χ2v) is 6.06. The van der Waals surface area contributed by atoms with Crippen molar-refractivity contribution in [2.24, 2.45) is 0 Å². The molecule has 2 N–H and O–H groups in total. The molecule has 0 bridgehead atoms. The number of nitrogens with zero attached hydrogens (tertiary/aromatic N) is 2. The lowest BCUT2D eigenvalue weighted by Gasteiger charge is -2.36. The van der Waals surface area contributed by atoms with Crippen molar-refractivity contribution in [3.8, 4) is 0 Å². The Bertz CT molecular complexity index is 493. The van der Waals surface area contributed by atoms with Crippen LogP contribution in [0.25, 0.3) is 0 Å². The Morgan fingerprint density at radius 2 is 2.05 bits per heavy atom. The van der Waals surface area contributed by atoms with Crippen LogP contribution in [-0.4, -0.2) is 48.4 Å². The Balaban J connectivity index is 1.98. The van der Waals surface area contributed by atoms with E-state index in [1.807, 2.05) is 37.1 Å². The minimum Gasteiger partial charge on any atom is -0.399 e. The van der Waals surface area contributed by atoms with Crippen molar-refractivity contribution in [1.82, 2.24) is 9.80 Å². The van der Waals surface area contributed by atoms with Crippen LogP contribution < -0.4 is 5.73 Å². The van der Waals surface area contributed by atoms with Gasteiger partial charge >= 0.3 is 0 Å². The lowest BCUT2D eigenvalue weighted by molar-refractivity contribution is 0.0642. The Hall–Kier alpha value is -1.55. The minimum atomic E-state index is 0.104. The van der Waals surface area contributed by atoms with Crippen LogP contribution in [0.3, 0.4) is 0 Å². The van der Waals surface area contributed by atoms with Crippen LogP contribution in [-0.2, 0) is 0 Å². The number of amides is 1. The van der Waals surface area contributed by atoms with Gasteiger partial charge in [-0.2, -0.15) is 0 Å². The summed E-state index contributed by atoms with van der Waals surface area (Å²) in [5.41, 5.74) is 8.26. The molecule has 1 heterocycles. The number of rotatable bonds is 4. The number of carbonyl (C=O) groups is 1. The number of hydrogen-bond acceptors (Lipinski definition) is 3. The summed E-state index contributed by atoms with van der Waals surface area (Å²) >= 11 is 0. The van der Waals surface area contributed by atoms with Gasteiger partial charge in [0.1, 0.15) is 0 Å². The van der Waals surface area contributed by atoms with Gasteiger partial charge in [-0.3, -0.25) is 4.79 Å². The van der Waals surface area contributed by atoms with E-state index in [2.05, 4.69) is 11.8 Å². The largest absolute Gasteiger partial charge is 0.399 e. The van der Waals surface area contributed by atoms with Gasteiger partial charge < -0.3 is 15.5 Å². The number of carbonyl (C=O) groups excluding carboxylic acids is 1. The summed E-state index contributed by atoms with van der Waals surface area (Å²) in [4.78, 5) is 17.0. The summed E-state index contributed by atoms with van der Waals surface area (Å²) < 4.78 is 0. The van der Waals surface area contributed by atoms with Gasteiger partial charge in [-0.25, -0.2) is 0 Å². The van der Waals surface area contributed by atoms with E-state index < -0.39 is 0 Å².